The molecule has 2 unspecified atom stereocenters. The standard InChI is InChI=1S/C16H26N2O3/c1-12(16(2,3)13-8-6-5-7-9-13)18-15(20)17-10-14(19)11-21-4/h5-9,12,14,19H,10-11H2,1-4H3,(H2,17,18,20). The van der Waals surface area contributed by atoms with E-state index in [4.69, 9.17) is 4.74 Å². The van der Waals surface area contributed by atoms with Gasteiger partial charge < -0.3 is 20.5 Å². The van der Waals surface area contributed by atoms with Crippen molar-refractivity contribution in [2.45, 2.75) is 38.3 Å². The van der Waals surface area contributed by atoms with Gasteiger partial charge in [-0.2, -0.15) is 0 Å². The fourth-order valence-corrected chi connectivity index (χ4v) is 2.01. The average molecular weight is 294 g/mol. The van der Waals surface area contributed by atoms with Crippen molar-refractivity contribution >= 4 is 6.03 Å². The number of hydrogen-bond acceptors (Lipinski definition) is 3. The summed E-state index contributed by atoms with van der Waals surface area (Å²) in [5.74, 6) is 0. The van der Waals surface area contributed by atoms with Gasteiger partial charge in [-0.1, -0.05) is 44.2 Å². The van der Waals surface area contributed by atoms with Gasteiger partial charge in [0.05, 0.1) is 12.7 Å². The third-order valence-electron chi connectivity index (χ3n) is 3.81. The summed E-state index contributed by atoms with van der Waals surface area (Å²) in [6, 6.07) is 9.72. The molecular formula is C16H26N2O3. The summed E-state index contributed by atoms with van der Waals surface area (Å²) >= 11 is 0. The second kappa shape index (κ2) is 8.00. The number of benzene rings is 1. The molecule has 3 N–H and O–H groups in total. The van der Waals surface area contributed by atoms with Crippen LogP contribution in [-0.2, 0) is 10.2 Å². The van der Waals surface area contributed by atoms with Gasteiger partial charge in [0, 0.05) is 25.1 Å². The number of methoxy groups -OCH3 is 1. The van der Waals surface area contributed by atoms with Gasteiger partial charge in [0.15, 0.2) is 0 Å². The number of ether oxygens (including phenoxy) is 1. The lowest BCUT2D eigenvalue weighted by molar-refractivity contribution is 0.0658. The first-order valence-corrected chi connectivity index (χ1v) is 7.14. The summed E-state index contributed by atoms with van der Waals surface area (Å²) in [6.45, 7) is 6.52. The molecule has 0 fully saturated rings. The molecule has 0 bridgehead atoms. The van der Waals surface area contributed by atoms with Crippen LogP contribution in [0.4, 0.5) is 4.79 Å². The van der Waals surface area contributed by atoms with Crippen LogP contribution in [0.1, 0.15) is 26.3 Å². The van der Waals surface area contributed by atoms with E-state index >= 15 is 0 Å². The van der Waals surface area contributed by atoms with Crippen LogP contribution >= 0.6 is 0 Å². The number of aliphatic hydroxyl groups is 1. The Balaban J connectivity index is 2.52. The van der Waals surface area contributed by atoms with E-state index in [1.165, 1.54) is 7.11 Å². The van der Waals surface area contributed by atoms with E-state index in [2.05, 4.69) is 36.6 Å². The van der Waals surface area contributed by atoms with Crippen molar-refractivity contribution in [1.82, 2.24) is 10.6 Å². The average Bonchev–Trinajstić information content (AvgIpc) is 2.46. The number of amides is 2. The van der Waals surface area contributed by atoms with Gasteiger partial charge in [-0.25, -0.2) is 4.79 Å². The molecule has 0 radical (unpaired) electrons. The normalized spacial score (nSPS) is 14.3. The predicted octanol–water partition coefficient (Wildman–Crippen LogP) is 1.66. The number of carbonyl (C=O) groups is 1. The van der Waals surface area contributed by atoms with E-state index in [-0.39, 0.29) is 30.6 Å². The maximum atomic E-state index is 11.9. The summed E-state index contributed by atoms with van der Waals surface area (Å²) < 4.78 is 4.81. The van der Waals surface area contributed by atoms with Crippen molar-refractivity contribution in [2.24, 2.45) is 0 Å². The van der Waals surface area contributed by atoms with E-state index in [1.807, 2.05) is 25.1 Å². The molecule has 21 heavy (non-hydrogen) atoms. The number of hydrogen-bond donors (Lipinski definition) is 3. The Hall–Kier alpha value is -1.59. The SMILES string of the molecule is COCC(O)CNC(=O)NC(C)C(C)(C)c1ccccc1. The minimum Gasteiger partial charge on any atom is -0.389 e. The van der Waals surface area contributed by atoms with Crippen LogP contribution in [0.5, 0.6) is 0 Å². The molecule has 5 nitrogen and oxygen atoms in total. The molecule has 1 aromatic rings. The largest absolute Gasteiger partial charge is 0.389 e. The molecule has 118 valence electrons. The van der Waals surface area contributed by atoms with Crippen molar-refractivity contribution < 1.29 is 14.6 Å². The maximum Gasteiger partial charge on any atom is 0.315 e. The highest BCUT2D eigenvalue weighted by molar-refractivity contribution is 5.74. The summed E-state index contributed by atoms with van der Waals surface area (Å²) in [6.07, 6.45) is -0.696. The van der Waals surface area contributed by atoms with Crippen molar-refractivity contribution in [3.63, 3.8) is 0 Å². The summed E-state index contributed by atoms with van der Waals surface area (Å²) in [5, 5.41) is 15.1. The molecule has 0 saturated carbocycles. The number of urea groups is 1. The van der Waals surface area contributed by atoms with Crippen LogP contribution in [0.2, 0.25) is 0 Å². The second-order valence-corrected chi connectivity index (χ2v) is 5.77. The van der Waals surface area contributed by atoms with E-state index < -0.39 is 6.10 Å². The highest BCUT2D eigenvalue weighted by Crippen LogP contribution is 2.26. The molecule has 2 atom stereocenters. The molecule has 0 spiro atoms. The summed E-state index contributed by atoms with van der Waals surface area (Å²) in [5.41, 5.74) is 0.973. The van der Waals surface area contributed by atoms with Gasteiger partial charge >= 0.3 is 6.03 Å². The maximum absolute atomic E-state index is 11.9. The molecule has 1 rings (SSSR count). The third-order valence-corrected chi connectivity index (χ3v) is 3.81. The topological polar surface area (TPSA) is 70.6 Å². The Labute approximate surface area is 126 Å². The molecule has 2 amide bonds. The lowest BCUT2D eigenvalue weighted by atomic mass is 9.78. The van der Waals surface area contributed by atoms with Crippen LogP contribution in [0.15, 0.2) is 30.3 Å². The van der Waals surface area contributed by atoms with Crippen LogP contribution in [-0.4, -0.2) is 43.5 Å². The zero-order valence-electron chi connectivity index (χ0n) is 13.2. The molecule has 1 aromatic carbocycles. The van der Waals surface area contributed by atoms with E-state index in [9.17, 15) is 9.90 Å². The molecule has 0 aliphatic rings. The Morgan fingerprint density at radius 3 is 2.52 bits per heavy atom. The molecule has 0 aliphatic carbocycles. The second-order valence-electron chi connectivity index (χ2n) is 5.77. The Kier molecular flexibility index (Phi) is 6.65. The van der Waals surface area contributed by atoms with Crippen LogP contribution in [0.25, 0.3) is 0 Å². The van der Waals surface area contributed by atoms with E-state index in [1.54, 1.807) is 0 Å². The van der Waals surface area contributed by atoms with Gasteiger partial charge in [0.2, 0.25) is 0 Å². The number of aliphatic hydroxyl groups excluding tert-OH is 1. The summed E-state index contributed by atoms with van der Waals surface area (Å²) in [7, 11) is 1.51. The van der Waals surface area contributed by atoms with E-state index in [0.29, 0.717) is 0 Å². The minimum atomic E-state index is -0.696. The lowest BCUT2D eigenvalue weighted by Gasteiger charge is -2.33. The number of carbonyl (C=O) groups excluding carboxylic acids is 1. The van der Waals surface area contributed by atoms with Gasteiger partial charge in [0.25, 0.3) is 0 Å². The smallest absolute Gasteiger partial charge is 0.315 e. The molecule has 5 heteroatoms. The van der Waals surface area contributed by atoms with Gasteiger partial charge in [-0.3, -0.25) is 0 Å². The highest BCUT2D eigenvalue weighted by atomic mass is 16.5. The fraction of sp³-hybridized carbons (Fsp3) is 0.562. The molecule has 0 heterocycles. The molecular weight excluding hydrogens is 268 g/mol. The minimum absolute atomic E-state index is 0.0560. The van der Waals surface area contributed by atoms with Crippen LogP contribution in [0, 0.1) is 0 Å². The Bertz CT molecular complexity index is 434. The van der Waals surface area contributed by atoms with Crippen LogP contribution < -0.4 is 10.6 Å². The zero-order valence-corrected chi connectivity index (χ0v) is 13.2. The summed E-state index contributed by atoms with van der Waals surface area (Å²) in [4.78, 5) is 11.9. The zero-order chi connectivity index (χ0) is 15.9. The lowest BCUT2D eigenvalue weighted by Crippen LogP contribution is -2.50. The first-order chi connectivity index (χ1) is 9.87. The predicted molar refractivity (Wildman–Crippen MR) is 83.3 cm³/mol. The van der Waals surface area contributed by atoms with Crippen molar-refractivity contribution in [3.8, 4) is 0 Å². The quantitative estimate of drug-likeness (QED) is 0.716. The van der Waals surface area contributed by atoms with Gasteiger partial charge in [0.1, 0.15) is 0 Å². The van der Waals surface area contributed by atoms with Crippen molar-refractivity contribution in [1.29, 1.82) is 0 Å². The monoisotopic (exact) mass is 294 g/mol. The Morgan fingerprint density at radius 2 is 1.95 bits per heavy atom. The van der Waals surface area contributed by atoms with Crippen LogP contribution in [0.3, 0.4) is 0 Å². The first kappa shape index (κ1) is 17.5. The number of nitrogens with one attached hydrogen (secondary N) is 2. The van der Waals surface area contributed by atoms with E-state index in [0.717, 1.165) is 5.56 Å². The highest BCUT2D eigenvalue weighted by Gasteiger charge is 2.28. The van der Waals surface area contributed by atoms with Gasteiger partial charge in [-0.15, -0.1) is 0 Å². The van der Waals surface area contributed by atoms with Gasteiger partial charge in [-0.05, 0) is 12.5 Å². The molecule has 0 aliphatic heterocycles. The molecule has 0 aromatic heterocycles. The van der Waals surface area contributed by atoms with Crippen molar-refractivity contribution in [2.75, 3.05) is 20.3 Å². The van der Waals surface area contributed by atoms with Crippen molar-refractivity contribution in [3.05, 3.63) is 35.9 Å². The fourth-order valence-electron chi connectivity index (χ4n) is 2.01. The Morgan fingerprint density at radius 1 is 1.33 bits per heavy atom. The molecule has 0 saturated heterocycles. The third kappa shape index (κ3) is 5.36. The first-order valence-electron chi connectivity index (χ1n) is 7.14. The number of rotatable bonds is 7.